The third kappa shape index (κ3) is 2.82. The minimum Gasteiger partial charge on any atom is -0.456 e. The number of rotatable bonds is 3. The first kappa shape index (κ1) is 14.5. The molecule has 1 aromatic carbocycles. The number of aryl methyl sites for hydroxylation is 2. The predicted octanol–water partition coefficient (Wildman–Crippen LogP) is 2.57. The molecule has 5 nitrogen and oxygen atoms in total. The molecule has 7 heteroatoms. The summed E-state index contributed by atoms with van der Waals surface area (Å²) in [7, 11) is 1.61. The van der Waals surface area contributed by atoms with Crippen molar-refractivity contribution in [3.63, 3.8) is 0 Å². The molecule has 0 radical (unpaired) electrons. The van der Waals surface area contributed by atoms with Crippen LogP contribution in [-0.2, 0) is 18.4 Å². The molecular weight excluding hydrogens is 329 g/mol. The van der Waals surface area contributed by atoms with Gasteiger partial charge in [0.25, 0.3) is 0 Å². The molecule has 0 fully saturated rings. The first-order valence-corrected chi connectivity index (χ1v) is 6.59. The van der Waals surface area contributed by atoms with Crippen LogP contribution in [0.25, 0.3) is 0 Å². The van der Waals surface area contributed by atoms with Gasteiger partial charge in [-0.25, -0.2) is 9.18 Å². The molecule has 2 rings (SSSR count). The zero-order valence-electron chi connectivity index (χ0n) is 11.0. The number of benzene rings is 1. The van der Waals surface area contributed by atoms with E-state index in [1.54, 1.807) is 20.0 Å². The van der Waals surface area contributed by atoms with Crippen molar-refractivity contribution >= 4 is 27.6 Å². The number of nitrogens with two attached hydrogens (primary N) is 1. The lowest BCUT2D eigenvalue weighted by atomic mass is 10.2. The van der Waals surface area contributed by atoms with E-state index in [1.807, 2.05) is 0 Å². The molecule has 0 aliphatic rings. The molecule has 1 heterocycles. The highest BCUT2D eigenvalue weighted by Gasteiger charge is 2.19. The summed E-state index contributed by atoms with van der Waals surface area (Å²) in [6, 6.07) is 4.17. The molecule has 2 aromatic rings. The second-order valence-corrected chi connectivity index (χ2v) is 5.14. The summed E-state index contributed by atoms with van der Waals surface area (Å²) in [6.07, 6.45) is 0. The van der Waals surface area contributed by atoms with Crippen LogP contribution in [0.3, 0.4) is 0 Å². The van der Waals surface area contributed by atoms with Gasteiger partial charge in [0.15, 0.2) is 5.69 Å². The predicted molar refractivity (Wildman–Crippen MR) is 75.6 cm³/mol. The van der Waals surface area contributed by atoms with Gasteiger partial charge in [-0.2, -0.15) is 5.10 Å². The van der Waals surface area contributed by atoms with Crippen LogP contribution in [0.1, 0.15) is 21.7 Å². The molecule has 0 bridgehead atoms. The Bertz CT molecular complexity index is 670. The Morgan fingerprint density at radius 2 is 2.25 bits per heavy atom. The maximum absolute atomic E-state index is 13.1. The SMILES string of the molecule is Cc1nn(C)c(C(=O)OCc2cc(F)ccc2Br)c1N. The second kappa shape index (κ2) is 5.62. The number of esters is 1. The fourth-order valence-corrected chi connectivity index (χ4v) is 2.14. The summed E-state index contributed by atoms with van der Waals surface area (Å²) < 4.78 is 20.3. The van der Waals surface area contributed by atoms with E-state index >= 15 is 0 Å². The van der Waals surface area contributed by atoms with Crippen molar-refractivity contribution in [2.45, 2.75) is 13.5 Å². The van der Waals surface area contributed by atoms with Crippen molar-refractivity contribution in [2.75, 3.05) is 5.73 Å². The molecule has 0 atom stereocenters. The van der Waals surface area contributed by atoms with Crippen molar-refractivity contribution in [2.24, 2.45) is 7.05 Å². The maximum Gasteiger partial charge on any atom is 0.359 e. The van der Waals surface area contributed by atoms with E-state index in [4.69, 9.17) is 10.5 Å². The fourth-order valence-electron chi connectivity index (χ4n) is 1.78. The fraction of sp³-hybridized carbons (Fsp3) is 0.231. The number of nitrogens with zero attached hydrogens (tertiary/aromatic N) is 2. The standard InChI is InChI=1S/C13H13BrFN3O2/c1-7-11(16)12(18(2)17-7)13(19)20-6-8-5-9(15)3-4-10(8)14/h3-5H,6,16H2,1-2H3. The summed E-state index contributed by atoms with van der Waals surface area (Å²) in [5, 5.41) is 4.04. The summed E-state index contributed by atoms with van der Waals surface area (Å²) in [5.74, 6) is -0.989. The first-order chi connectivity index (χ1) is 9.40. The zero-order valence-corrected chi connectivity index (χ0v) is 12.6. The quantitative estimate of drug-likeness (QED) is 0.871. The second-order valence-electron chi connectivity index (χ2n) is 4.28. The molecule has 106 valence electrons. The van der Waals surface area contributed by atoms with Gasteiger partial charge in [-0.15, -0.1) is 0 Å². The molecule has 20 heavy (non-hydrogen) atoms. The van der Waals surface area contributed by atoms with Crippen molar-refractivity contribution in [1.82, 2.24) is 9.78 Å². The zero-order chi connectivity index (χ0) is 14.9. The number of hydrogen-bond donors (Lipinski definition) is 1. The smallest absolute Gasteiger partial charge is 0.359 e. The molecule has 1 aromatic heterocycles. The maximum atomic E-state index is 13.1. The number of anilines is 1. The van der Waals surface area contributed by atoms with Gasteiger partial charge in [0.2, 0.25) is 0 Å². The topological polar surface area (TPSA) is 70.1 Å². The molecule has 0 unspecified atom stereocenters. The number of halogens is 2. The number of hydrogen-bond acceptors (Lipinski definition) is 4. The van der Waals surface area contributed by atoms with Crippen LogP contribution in [0.15, 0.2) is 22.7 Å². The molecule has 0 aliphatic carbocycles. The van der Waals surface area contributed by atoms with E-state index in [2.05, 4.69) is 21.0 Å². The first-order valence-electron chi connectivity index (χ1n) is 5.80. The van der Waals surface area contributed by atoms with E-state index in [0.717, 1.165) is 0 Å². The van der Waals surface area contributed by atoms with Crippen molar-refractivity contribution < 1.29 is 13.9 Å². The third-order valence-electron chi connectivity index (χ3n) is 2.83. The van der Waals surface area contributed by atoms with E-state index in [0.29, 0.717) is 15.7 Å². The van der Waals surface area contributed by atoms with Crippen molar-refractivity contribution in [3.05, 3.63) is 45.4 Å². The Hall–Kier alpha value is -1.89. The molecule has 2 N–H and O–H groups in total. The van der Waals surface area contributed by atoms with Gasteiger partial charge in [0.1, 0.15) is 12.4 Å². The monoisotopic (exact) mass is 341 g/mol. The third-order valence-corrected chi connectivity index (χ3v) is 3.60. The highest BCUT2D eigenvalue weighted by atomic mass is 79.9. The number of nitrogen functional groups attached to an aromatic ring is 1. The summed E-state index contributed by atoms with van der Waals surface area (Å²) >= 11 is 3.27. The van der Waals surface area contributed by atoms with Gasteiger partial charge in [-0.1, -0.05) is 15.9 Å². The average molecular weight is 342 g/mol. The number of carbonyl (C=O) groups is 1. The van der Waals surface area contributed by atoms with Crippen LogP contribution < -0.4 is 5.73 Å². The summed E-state index contributed by atoms with van der Waals surface area (Å²) in [5.41, 5.74) is 7.35. The van der Waals surface area contributed by atoms with Crippen molar-refractivity contribution in [3.8, 4) is 0 Å². The number of carbonyl (C=O) groups excluding carboxylic acids is 1. The lowest BCUT2D eigenvalue weighted by Crippen LogP contribution is -2.12. The Labute approximate surface area is 123 Å². The Morgan fingerprint density at radius 1 is 1.55 bits per heavy atom. The van der Waals surface area contributed by atoms with E-state index < -0.39 is 11.8 Å². The minimum absolute atomic E-state index is 0.0547. The van der Waals surface area contributed by atoms with Crippen molar-refractivity contribution in [1.29, 1.82) is 0 Å². The van der Waals surface area contributed by atoms with Gasteiger partial charge < -0.3 is 10.5 Å². The van der Waals surface area contributed by atoms with Crippen LogP contribution in [0, 0.1) is 12.7 Å². The average Bonchev–Trinajstić information content (AvgIpc) is 2.64. The van der Waals surface area contributed by atoms with Crippen LogP contribution >= 0.6 is 15.9 Å². The van der Waals surface area contributed by atoms with E-state index in [9.17, 15) is 9.18 Å². The molecule has 0 spiro atoms. The molecule has 0 saturated heterocycles. The summed E-state index contributed by atoms with van der Waals surface area (Å²) in [6.45, 7) is 1.65. The van der Waals surface area contributed by atoms with E-state index in [-0.39, 0.29) is 18.0 Å². The van der Waals surface area contributed by atoms with Gasteiger partial charge in [0, 0.05) is 17.1 Å². The van der Waals surface area contributed by atoms with Crippen LogP contribution in [0.4, 0.5) is 10.1 Å². The highest BCUT2D eigenvalue weighted by Crippen LogP contribution is 2.21. The lowest BCUT2D eigenvalue weighted by molar-refractivity contribution is 0.0460. The number of aromatic nitrogens is 2. The minimum atomic E-state index is -0.596. The Balaban J connectivity index is 2.15. The Morgan fingerprint density at radius 3 is 2.85 bits per heavy atom. The normalized spacial score (nSPS) is 10.6. The van der Waals surface area contributed by atoms with Crippen LogP contribution in [0.5, 0.6) is 0 Å². The van der Waals surface area contributed by atoms with Gasteiger partial charge >= 0.3 is 5.97 Å². The van der Waals surface area contributed by atoms with Gasteiger partial charge in [-0.3, -0.25) is 4.68 Å². The van der Waals surface area contributed by atoms with E-state index in [1.165, 1.54) is 16.8 Å². The van der Waals surface area contributed by atoms with Gasteiger partial charge in [-0.05, 0) is 25.1 Å². The van der Waals surface area contributed by atoms with Gasteiger partial charge in [0.05, 0.1) is 11.4 Å². The molecule has 0 amide bonds. The lowest BCUT2D eigenvalue weighted by Gasteiger charge is -2.07. The van der Waals surface area contributed by atoms with Crippen LogP contribution in [0.2, 0.25) is 0 Å². The molecule has 0 saturated carbocycles. The molecular formula is C13H13BrFN3O2. The largest absolute Gasteiger partial charge is 0.456 e. The number of ether oxygens (including phenoxy) is 1. The highest BCUT2D eigenvalue weighted by molar-refractivity contribution is 9.10. The molecule has 0 aliphatic heterocycles. The summed E-state index contributed by atoms with van der Waals surface area (Å²) in [4.78, 5) is 12.0. The Kier molecular flexibility index (Phi) is 4.08. The van der Waals surface area contributed by atoms with Crippen LogP contribution in [-0.4, -0.2) is 15.7 Å².